The van der Waals surface area contributed by atoms with Crippen LogP contribution in [0.1, 0.15) is 10.5 Å². The lowest BCUT2D eigenvalue weighted by atomic mass is 10.2. The van der Waals surface area contributed by atoms with E-state index in [1.54, 1.807) is 24.0 Å². The largest absolute Gasteiger partial charge is 0.355 e. The number of para-hydroxylation sites is 1. The molecule has 3 rings (SSSR count). The van der Waals surface area contributed by atoms with E-state index in [1.165, 1.54) is 0 Å². The van der Waals surface area contributed by atoms with E-state index in [0.717, 1.165) is 17.1 Å². The van der Waals surface area contributed by atoms with E-state index in [-0.39, 0.29) is 5.91 Å². The third-order valence-corrected chi connectivity index (χ3v) is 3.24. The zero-order valence-corrected chi connectivity index (χ0v) is 12.2. The van der Waals surface area contributed by atoms with E-state index >= 15 is 0 Å². The number of nitrogens with one attached hydrogen (secondary N) is 2. The predicted molar refractivity (Wildman–Crippen MR) is 87.3 cm³/mol. The Morgan fingerprint density at radius 3 is 2.41 bits per heavy atom. The summed E-state index contributed by atoms with van der Waals surface area (Å²) in [6.07, 6.45) is 1.60. The van der Waals surface area contributed by atoms with Crippen molar-refractivity contribution in [2.45, 2.75) is 0 Å². The van der Waals surface area contributed by atoms with E-state index in [2.05, 4.69) is 15.7 Å². The molecule has 0 radical (unpaired) electrons. The van der Waals surface area contributed by atoms with Gasteiger partial charge in [-0.2, -0.15) is 5.10 Å². The standard InChI is InChI=1S/C17H16N4O/c1-21-16(10-11-18-21)17(22)20-15-9-5-8-14(12-15)19-13-6-3-2-4-7-13/h2-12,19H,1H3,(H,20,22). The van der Waals surface area contributed by atoms with Gasteiger partial charge in [-0.25, -0.2) is 0 Å². The second-order valence-electron chi connectivity index (χ2n) is 4.87. The quantitative estimate of drug-likeness (QED) is 0.774. The Morgan fingerprint density at radius 2 is 1.68 bits per heavy atom. The molecule has 0 aliphatic carbocycles. The highest BCUT2D eigenvalue weighted by Gasteiger charge is 2.10. The normalized spacial score (nSPS) is 10.2. The van der Waals surface area contributed by atoms with Gasteiger partial charge in [-0.1, -0.05) is 24.3 Å². The second-order valence-corrected chi connectivity index (χ2v) is 4.87. The summed E-state index contributed by atoms with van der Waals surface area (Å²) in [6, 6.07) is 19.1. The Kier molecular flexibility index (Phi) is 3.87. The molecule has 0 fully saturated rings. The smallest absolute Gasteiger partial charge is 0.273 e. The number of aryl methyl sites for hydroxylation is 1. The van der Waals surface area contributed by atoms with Crippen molar-refractivity contribution in [3.8, 4) is 0 Å². The molecule has 1 heterocycles. The molecule has 2 aromatic carbocycles. The fourth-order valence-electron chi connectivity index (χ4n) is 2.15. The summed E-state index contributed by atoms with van der Waals surface area (Å²) in [7, 11) is 1.74. The van der Waals surface area contributed by atoms with Crippen molar-refractivity contribution in [1.82, 2.24) is 9.78 Å². The van der Waals surface area contributed by atoms with Crippen LogP contribution in [0.4, 0.5) is 17.1 Å². The number of anilines is 3. The summed E-state index contributed by atoms with van der Waals surface area (Å²) in [4.78, 5) is 12.2. The van der Waals surface area contributed by atoms with Gasteiger partial charge in [0.2, 0.25) is 0 Å². The molecule has 0 atom stereocenters. The summed E-state index contributed by atoms with van der Waals surface area (Å²) in [5.41, 5.74) is 3.15. The molecule has 5 nitrogen and oxygen atoms in total. The van der Waals surface area contributed by atoms with Gasteiger partial charge >= 0.3 is 0 Å². The first-order chi connectivity index (χ1) is 10.7. The molecule has 2 N–H and O–H groups in total. The lowest BCUT2D eigenvalue weighted by Gasteiger charge is -2.09. The van der Waals surface area contributed by atoms with Crippen LogP contribution >= 0.6 is 0 Å². The molecule has 0 aliphatic heterocycles. The minimum absolute atomic E-state index is 0.183. The summed E-state index contributed by atoms with van der Waals surface area (Å²) in [5, 5.41) is 10.2. The maximum atomic E-state index is 12.2. The molecule has 3 aromatic rings. The maximum Gasteiger partial charge on any atom is 0.273 e. The topological polar surface area (TPSA) is 59.0 Å². The van der Waals surface area contributed by atoms with Gasteiger partial charge < -0.3 is 10.6 Å². The van der Waals surface area contributed by atoms with Gasteiger partial charge in [-0.15, -0.1) is 0 Å². The van der Waals surface area contributed by atoms with Crippen molar-refractivity contribution < 1.29 is 4.79 Å². The molecule has 1 aromatic heterocycles. The number of aromatic nitrogens is 2. The molecule has 0 saturated carbocycles. The first kappa shape index (κ1) is 13.9. The van der Waals surface area contributed by atoms with Gasteiger partial charge in [0, 0.05) is 30.3 Å². The molecular formula is C17H16N4O. The van der Waals surface area contributed by atoms with Crippen molar-refractivity contribution in [2.75, 3.05) is 10.6 Å². The lowest BCUT2D eigenvalue weighted by molar-refractivity contribution is 0.101. The van der Waals surface area contributed by atoms with Gasteiger partial charge in [-0.3, -0.25) is 9.48 Å². The summed E-state index contributed by atoms with van der Waals surface area (Å²) in [5.74, 6) is -0.183. The predicted octanol–water partition coefficient (Wildman–Crippen LogP) is 3.42. The Balaban J connectivity index is 1.74. The first-order valence-electron chi connectivity index (χ1n) is 6.94. The molecule has 0 saturated heterocycles. The third-order valence-electron chi connectivity index (χ3n) is 3.24. The third kappa shape index (κ3) is 3.15. The summed E-state index contributed by atoms with van der Waals surface area (Å²) in [6.45, 7) is 0. The molecule has 5 heteroatoms. The Labute approximate surface area is 128 Å². The van der Waals surface area contributed by atoms with Gasteiger partial charge in [0.1, 0.15) is 5.69 Å². The molecule has 22 heavy (non-hydrogen) atoms. The Bertz CT molecular complexity index is 780. The fourth-order valence-corrected chi connectivity index (χ4v) is 2.15. The monoisotopic (exact) mass is 292 g/mol. The number of amides is 1. The highest BCUT2D eigenvalue weighted by Crippen LogP contribution is 2.20. The van der Waals surface area contributed by atoms with Crippen LogP contribution in [0.5, 0.6) is 0 Å². The summed E-state index contributed by atoms with van der Waals surface area (Å²) >= 11 is 0. The highest BCUT2D eigenvalue weighted by atomic mass is 16.2. The van der Waals surface area contributed by atoms with Crippen molar-refractivity contribution in [1.29, 1.82) is 0 Å². The maximum absolute atomic E-state index is 12.2. The average Bonchev–Trinajstić information content (AvgIpc) is 2.95. The van der Waals surface area contributed by atoms with Gasteiger partial charge in [0.05, 0.1) is 0 Å². The van der Waals surface area contributed by atoms with Crippen LogP contribution in [0.25, 0.3) is 0 Å². The zero-order valence-electron chi connectivity index (χ0n) is 12.2. The van der Waals surface area contributed by atoms with E-state index < -0.39 is 0 Å². The molecular weight excluding hydrogens is 276 g/mol. The van der Waals surface area contributed by atoms with Gasteiger partial charge in [0.15, 0.2) is 0 Å². The lowest BCUT2D eigenvalue weighted by Crippen LogP contribution is -2.16. The number of hydrogen-bond donors (Lipinski definition) is 2. The highest BCUT2D eigenvalue weighted by molar-refractivity contribution is 6.03. The number of carbonyl (C=O) groups is 1. The molecule has 0 bridgehead atoms. The average molecular weight is 292 g/mol. The number of benzene rings is 2. The minimum atomic E-state index is -0.183. The molecule has 0 spiro atoms. The fraction of sp³-hybridized carbons (Fsp3) is 0.0588. The van der Waals surface area contributed by atoms with Crippen molar-refractivity contribution in [3.63, 3.8) is 0 Å². The second kappa shape index (κ2) is 6.13. The first-order valence-corrected chi connectivity index (χ1v) is 6.94. The van der Waals surface area contributed by atoms with Crippen LogP contribution in [0.2, 0.25) is 0 Å². The molecule has 1 amide bonds. The number of nitrogens with zero attached hydrogens (tertiary/aromatic N) is 2. The van der Waals surface area contributed by atoms with Gasteiger partial charge in [-0.05, 0) is 36.4 Å². The number of hydrogen-bond acceptors (Lipinski definition) is 3. The molecule has 110 valence electrons. The van der Waals surface area contributed by atoms with E-state index in [1.807, 2.05) is 54.6 Å². The Morgan fingerprint density at radius 1 is 0.955 bits per heavy atom. The summed E-state index contributed by atoms with van der Waals surface area (Å²) < 4.78 is 1.54. The van der Waals surface area contributed by atoms with E-state index in [4.69, 9.17) is 0 Å². The molecule has 0 unspecified atom stereocenters. The molecule has 0 aliphatic rings. The van der Waals surface area contributed by atoms with Crippen molar-refractivity contribution in [3.05, 3.63) is 72.6 Å². The number of carbonyl (C=O) groups excluding carboxylic acids is 1. The van der Waals surface area contributed by atoms with E-state index in [9.17, 15) is 4.79 Å². The van der Waals surface area contributed by atoms with Crippen LogP contribution < -0.4 is 10.6 Å². The van der Waals surface area contributed by atoms with Crippen molar-refractivity contribution >= 4 is 23.0 Å². The van der Waals surface area contributed by atoms with Crippen LogP contribution in [-0.4, -0.2) is 15.7 Å². The zero-order chi connectivity index (χ0) is 15.4. The van der Waals surface area contributed by atoms with Crippen LogP contribution in [0, 0.1) is 0 Å². The number of rotatable bonds is 4. The van der Waals surface area contributed by atoms with Crippen LogP contribution in [-0.2, 0) is 7.05 Å². The SMILES string of the molecule is Cn1nccc1C(=O)Nc1cccc(Nc2ccccc2)c1. The van der Waals surface area contributed by atoms with E-state index in [0.29, 0.717) is 5.69 Å². The Hall–Kier alpha value is -3.08. The van der Waals surface area contributed by atoms with Crippen LogP contribution in [0.15, 0.2) is 66.9 Å². The van der Waals surface area contributed by atoms with Crippen LogP contribution in [0.3, 0.4) is 0 Å². The van der Waals surface area contributed by atoms with Crippen molar-refractivity contribution in [2.24, 2.45) is 7.05 Å². The van der Waals surface area contributed by atoms with Gasteiger partial charge in [0.25, 0.3) is 5.91 Å². The minimum Gasteiger partial charge on any atom is -0.355 e.